The van der Waals surface area contributed by atoms with Gasteiger partial charge in [0.05, 0.1) is 11.1 Å². The second-order valence-corrected chi connectivity index (χ2v) is 8.05. The molecule has 8 heteroatoms. The summed E-state index contributed by atoms with van der Waals surface area (Å²) < 4.78 is 24.5. The summed E-state index contributed by atoms with van der Waals surface area (Å²) in [7, 11) is -3.11. The van der Waals surface area contributed by atoms with Crippen LogP contribution in [0.3, 0.4) is 0 Å². The van der Waals surface area contributed by atoms with Crippen LogP contribution in [0.15, 0.2) is 22.5 Å². The minimum absolute atomic E-state index is 0. The predicted octanol–water partition coefficient (Wildman–Crippen LogP) is 2.59. The van der Waals surface area contributed by atoms with Gasteiger partial charge in [-0.3, -0.25) is 4.99 Å². The van der Waals surface area contributed by atoms with Gasteiger partial charge >= 0.3 is 0 Å². The molecule has 5 nitrogen and oxygen atoms in total. The number of sulfonamides is 1. The fourth-order valence-electron chi connectivity index (χ4n) is 1.88. The summed E-state index contributed by atoms with van der Waals surface area (Å²) in [4.78, 5) is 5.70. The zero-order chi connectivity index (χ0) is 15.9. The Morgan fingerprint density at radius 3 is 2.59 bits per heavy atom. The summed E-state index contributed by atoms with van der Waals surface area (Å²) >= 11 is 1.65. The van der Waals surface area contributed by atoms with E-state index in [0.29, 0.717) is 25.7 Å². The zero-order valence-electron chi connectivity index (χ0n) is 13.6. The minimum atomic E-state index is -3.11. The van der Waals surface area contributed by atoms with Crippen LogP contribution in [0, 0.1) is 0 Å². The highest BCUT2D eigenvalue weighted by molar-refractivity contribution is 7.88. The van der Waals surface area contributed by atoms with Crippen LogP contribution in [0.5, 0.6) is 0 Å². The quantitative estimate of drug-likeness (QED) is 0.436. The standard InChI is InChI=1S/C14H25N3O2S2.ClH/c1-5-17(21(4,18)19)10-7-9-15-14(16-12(2)3)13-8-6-11-20-13;/h6,8,11-12H,5,7,9-10H2,1-4H3,(H,15,16);1H. The molecule has 0 unspecified atom stereocenters. The molecule has 0 radical (unpaired) electrons. The maximum Gasteiger partial charge on any atom is 0.211 e. The summed E-state index contributed by atoms with van der Waals surface area (Å²) in [6.07, 6.45) is 1.97. The van der Waals surface area contributed by atoms with Crippen molar-refractivity contribution >= 4 is 39.6 Å². The van der Waals surface area contributed by atoms with Crippen LogP contribution in [-0.2, 0) is 10.0 Å². The maximum absolute atomic E-state index is 11.5. The SMILES string of the molecule is CCN(CCCN=C(NC(C)C)c1cccs1)S(C)(=O)=O.Cl. The molecule has 0 atom stereocenters. The number of nitrogens with one attached hydrogen (secondary N) is 1. The van der Waals surface area contributed by atoms with Crippen LogP contribution in [0.1, 0.15) is 32.1 Å². The van der Waals surface area contributed by atoms with Gasteiger partial charge in [-0.2, -0.15) is 0 Å². The molecule has 0 aromatic carbocycles. The highest BCUT2D eigenvalue weighted by atomic mass is 35.5. The second kappa shape index (κ2) is 10.2. The zero-order valence-corrected chi connectivity index (χ0v) is 16.0. The first-order chi connectivity index (χ1) is 9.84. The topological polar surface area (TPSA) is 61.8 Å². The van der Waals surface area contributed by atoms with Crippen molar-refractivity contribution in [1.82, 2.24) is 9.62 Å². The third-order valence-corrected chi connectivity index (χ3v) is 5.09. The van der Waals surface area contributed by atoms with E-state index >= 15 is 0 Å². The number of nitrogens with zero attached hydrogens (tertiary/aromatic N) is 2. The Labute approximate surface area is 144 Å². The van der Waals surface area contributed by atoms with Crippen molar-refractivity contribution in [2.45, 2.75) is 33.2 Å². The van der Waals surface area contributed by atoms with E-state index in [2.05, 4.69) is 24.2 Å². The van der Waals surface area contributed by atoms with Crippen molar-refractivity contribution in [3.05, 3.63) is 22.4 Å². The number of amidine groups is 1. The fraction of sp³-hybridized carbons (Fsp3) is 0.643. The first kappa shape index (κ1) is 21.4. The van der Waals surface area contributed by atoms with Gasteiger partial charge in [0.1, 0.15) is 5.84 Å². The summed E-state index contributed by atoms with van der Waals surface area (Å²) in [5.41, 5.74) is 0. The minimum Gasteiger partial charge on any atom is -0.367 e. The fourth-order valence-corrected chi connectivity index (χ4v) is 3.50. The Morgan fingerprint density at radius 2 is 2.14 bits per heavy atom. The van der Waals surface area contributed by atoms with Crippen LogP contribution >= 0.6 is 23.7 Å². The largest absolute Gasteiger partial charge is 0.367 e. The summed E-state index contributed by atoms with van der Waals surface area (Å²) in [6.45, 7) is 7.63. The molecule has 22 heavy (non-hydrogen) atoms. The molecule has 0 amide bonds. The molecule has 0 fully saturated rings. The van der Waals surface area contributed by atoms with Crippen molar-refractivity contribution < 1.29 is 8.42 Å². The second-order valence-electron chi connectivity index (χ2n) is 5.11. The van der Waals surface area contributed by atoms with Gasteiger partial charge in [-0.05, 0) is 31.7 Å². The van der Waals surface area contributed by atoms with E-state index in [4.69, 9.17) is 0 Å². The van der Waals surface area contributed by atoms with Crippen LogP contribution < -0.4 is 5.32 Å². The molecular formula is C14H26ClN3O2S2. The average molecular weight is 368 g/mol. The molecule has 0 saturated carbocycles. The number of thiophene rings is 1. The van der Waals surface area contributed by atoms with Gasteiger partial charge < -0.3 is 5.32 Å². The number of rotatable bonds is 8. The van der Waals surface area contributed by atoms with E-state index in [9.17, 15) is 8.42 Å². The first-order valence-corrected chi connectivity index (χ1v) is 9.87. The first-order valence-electron chi connectivity index (χ1n) is 7.14. The summed E-state index contributed by atoms with van der Waals surface area (Å²) in [5.74, 6) is 0.891. The molecule has 128 valence electrons. The third-order valence-electron chi connectivity index (χ3n) is 2.84. The van der Waals surface area contributed by atoms with E-state index in [1.54, 1.807) is 11.3 Å². The van der Waals surface area contributed by atoms with Crippen LogP contribution in [-0.4, -0.2) is 50.5 Å². The molecular weight excluding hydrogens is 342 g/mol. The van der Waals surface area contributed by atoms with Crippen LogP contribution in [0.25, 0.3) is 0 Å². The number of aliphatic imine (C=N–C) groups is 1. The van der Waals surface area contributed by atoms with E-state index in [1.807, 2.05) is 24.4 Å². The Hall–Kier alpha value is -0.630. The van der Waals surface area contributed by atoms with Crippen molar-refractivity contribution in [1.29, 1.82) is 0 Å². The molecule has 1 heterocycles. The molecule has 0 bridgehead atoms. The third kappa shape index (κ3) is 7.58. The van der Waals surface area contributed by atoms with Crippen molar-refractivity contribution in [3.63, 3.8) is 0 Å². The van der Waals surface area contributed by atoms with E-state index in [1.165, 1.54) is 10.6 Å². The average Bonchev–Trinajstić information content (AvgIpc) is 2.89. The molecule has 0 aliphatic carbocycles. The number of hydrogen-bond donors (Lipinski definition) is 1. The van der Waals surface area contributed by atoms with Gasteiger partial charge in [0.15, 0.2) is 0 Å². The van der Waals surface area contributed by atoms with Crippen molar-refractivity contribution in [2.24, 2.45) is 4.99 Å². The van der Waals surface area contributed by atoms with E-state index in [-0.39, 0.29) is 12.4 Å². The van der Waals surface area contributed by atoms with Gasteiger partial charge in [-0.25, -0.2) is 12.7 Å². The molecule has 1 N–H and O–H groups in total. The summed E-state index contributed by atoms with van der Waals surface area (Å²) in [5, 5.41) is 5.37. The highest BCUT2D eigenvalue weighted by Gasteiger charge is 2.13. The molecule has 0 aliphatic heterocycles. The van der Waals surface area contributed by atoms with Crippen molar-refractivity contribution in [3.8, 4) is 0 Å². The molecule has 1 rings (SSSR count). The lowest BCUT2D eigenvalue weighted by atomic mass is 10.3. The van der Waals surface area contributed by atoms with Gasteiger partial charge in [-0.15, -0.1) is 23.7 Å². The van der Waals surface area contributed by atoms with E-state index < -0.39 is 10.0 Å². The summed E-state index contributed by atoms with van der Waals surface area (Å²) in [6, 6.07) is 4.35. The molecule has 0 saturated heterocycles. The molecule has 1 aromatic rings. The van der Waals surface area contributed by atoms with Crippen LogP contribution in [0.2, 0.25) is 0 Å². The monoisotopic (exact) mass is 367 g/mol. The highest BCUT2D eigenvalue weighted by Crippen LogP contribution is 2.10. The van der Waals surface area contributed by atoms with E-state index in [0.717, 1.165) is 17.1 Å². The number of halogens is 1. The smallest absolute Gasteiger partial charge is 0.211 e. The van der Waals surface area contributed by atoms with Crippen LogP contribution in [0.4, 0.5) is 0 Å². The van der Waals surface area contributed by atoms with Gasteiger partial charge in [0, 0.05) is 25.7 Å². The maximum atomic E-state index is 11.5. The van der Waals surface area contributed by atoms with Gasteiger partial charge in [-0.1, -0.05) is 13.0 Å². The molecule has 1 aromatic heterocycles. The Morgan fingerprint density at radius 1 is 1.45 bits per heavy atom. The van der Waals surface area contributed by atoms with Gasteiger partial charge in [0.2, 0.25) is 10.0 Å². The van der Waals surface area contributed by atoms with Gasteiger partial charge in [0.25, 0.3) is 0 Å². The Balaban J connectivity index is 0.00000441. The lowest BCUT2D eigenvalue weighted by molar-refractivity contribution is 0.427. The normalized spacial score (nSPS) is 12.5. The molecule has 0 spiro atoms. The van der Waals surface area contributed by atoms with Crippen molar-refractivity contribution in [2.75, 3.05) is 25.9 Å². The molecule has 0 aliphatic rings. The Bertz CT molecular complexity index is 542. The number of hydrogen-bond acceptors (Lipinski definition) is 4. The lowest BCUT2D eigenvalue weighted by Crippen LogP contribution is -2.32. The lowest BCUT2D eigenvalue weighted by Gasteiger charge is -2.17. The Kier molecular flexibility index (Phi) is 9.91. The predicted molar refractivity (Wildman–Crippen MR) is 98.0 cm³/mol.